The zero-order chi connectivity index (χ0) is 14.9. The van der Waals surface area contributed by atoms with Crippen molar-refractivity contribution in [2.24, 2.45) is 11.6 Å². The van der Waals surface area contributed by atoms with E-state index in [4.69, 9.17) is 11.6 Å². The van der Waals surface area contributed by atoms with Gasteiger partial charge in [-0.25, -0.2) is 15.2 Å². The van der Waals surface area contributed by atoms with Crippen LogP contribution in [0.4, 0.5) is 10.2 Å². The van der Waals surface area contributed by atoms with E-state index in [1.165, 1.54) is 6.07 Å². The first kappa shape index (κ1) is 13.6. The van der Waals surface area contributed by atoms with Crippen molar-refractivity contribution in [3.05, 3.63) is 35.6 Å². The maximum absolute atomic E-state index is 13.2. The van der Waals surface area contributed by atoms with Gasteiger partial charge < -0.3 is 15.8 Å². The standard InChI is InChI=1S/C12H11FN4O3/c13-6-1-2-10(19)7(3-6)9-4-8(11(14)20)12(16-9)17(15)5-18/h1-5,16,19H,15H2,(H2,14,20). The monoisotopic (exact) mass is 278 g/mol. The van der Waals surface area contributed by atoms with Gasteiger partial charge in [0, 0.05) is 5.56 Å². The number of nitrogens with one attached hydrogen (secondary N) is 1. The van der Waals surface area contributed by atoms with Crippen LogP contribution < -0.4 is 16.6 Å². The van der Waals surface area contributed by atoms with Gasteiger partial charge in [-0.15, -0.1) is 0 Å². The van der Waals surface area contributed by atoms with E-state index in [2.05, 4.69) is 4.98 Å². The Balaban J connectivity index is 2.61. The first-order chi connectivity index (χ1) is 9.43. The van der Waals surface area contributed by atoms with Crippen LogP contribution in [0.15, 0.2) is 24.3 Å². The second kappa shape index (κ2) is 5.02. The second-order valence-electron chi connectivity index (χ2n) is 3.98. The van der Waals surface area contributed by atoms with Crippen molar-refractivity contribution in [2.75, 3.05) is 5.01 Å². The molecule has 1 aromatic heterocycles. The number of aromatic nitrogens is 1. The number of aromatic hydroxyl groups is 1. The number of hydrogen-bond donors (Lipinski definition) is 4. The fourth-order valence-corrected chi connectivity index (χ4v) is 1.76. The molecule has 2 amide bonds. The number of aromatic amines is 1. The molecule has 7 nitrogen and oxygen atoms in total. The number of halogens is 1. The molecule has 104 valence electrons. The summed E-state index contributed by atoms with van der Waals surface area (Å²) in [5.41, 5.74) is 5.42. The highest BCUT2D eigenvalue weighted by Crippen LogP contribution is 2.32. The molecule has 0 aliphatic rings. The number of hydrazine groups is 1. The van der Waals surface area contributed by atoms with Crippen LogP contribution in [0.2, 0.25) is 0 Å². The van der Waals surface area contributed by atoms with Crippen LogP contribution in [-0.2, 0) is 4.79 Å². The number of nitrogens with two attached hydrogens (primary N) is 2. The van der Waals surface area contributed by atoms with Crippen molar-refractivity contribution >= 4 is 18.1 Å². The van der Waals surface area contributed by atoms with Crippen LogP contribution in [0.5, 0.6) is 5.75 Å². The predicted octanol–water partition coefficient (Wildman–Crippen LogP) is 0.462. The van der Waals surface area contributed by atoms with Crippen molar-refractivity contribution in [1.29, 1.82) is 0 Å². The van der Waals surface area contributed by atoms with E-state index in [0.717, 1.165) is 18.2 Å². The van der Waals surface area contributed by atoms with Gasteiger partial charge in [-0.05, 0) is 24.3 Å². The van der Waals surface area contributed by atoms with Crippen LogP contribution in [0, 0.1) is 5.82 Å². The summed E-state index contributed by atoms with van der Waals surface area (Å²) in [5.74, 6) is 3.73. The van der Waals surface area contributed by atoms with Gasteiger partial charge in [-0.1, -0.05) is 0 Å². The normalized spacial score (nSPS) is 10.3. The smallest absolute Gasteiger partial charge is 0.252 e. The number of carbonyl (C=O) groups is 2. The summed E-state index contributed by atoms with van der Waals surface area (Å²) in [7, 11) is 0. The SMILES string of the molecule is NC(=O)c1cc(-c2cc(F)ccc2O)[nH]c1N(N)C=O. The van der Waals surface area contributed by atoms with Crippen LogP contribution >= 0.6 is 0 Å². The zero-order valence-corrected chi connectivity index (χ0v) is 10.1. The van der Waals surface area contributed by atoms with Crippen molar-refractivity contribution in [3.8, 4) is 17.0 Å². The second-order valence-corrected chi connectivity index (χ2v) is 3.98. The number of anilines is 1. The molecule has 0 saturated carbocycles. The predicted molar refractivity (Wildman–Crippen MR) is 69.1 cm³/mol. The van der Waals surface area contributed by atoms with Gasteiger partial charge in [0.1, 0.15) is 17.4 Å². The van der Waals surface area contributed by atoms with E-state index in [9.17, 15) is 19.1 Å². The van der Waals surface area contributed by atoms with Gasteiger partial charge >= 0.3 is 0 Å². The number of phenols is 1. The molecule has 1 heterocycles. The third kappa shape index (κ3) is 2.31. The Morgan fingerprint density at radius 3 is 2.70 bits per heavy atom. The number of rotatable bonds is 4. The molecule has 2 aromatic rings. The third-order valence-electron chi connectivity index (χ3n) is 2.68. The van der Waals surface area contributed by atoms with Gasteiger partial charge in [0.15, 0.2) is 0 Å². The molecule has 0 spiro atoms. The number of H-pyrrole nitrogens is 1. The Kier molecular flexibility index (Phi) is 3.40. The highest BCUT2D eigenvalue weighted by Gasteiger charge is 2.19. The molecule has 0 aliphatic heterocycles. The molecule has 0 aliphatic carbocycles. The largest absolute Gasteiger partial charge is 0.507 e. The van der Waals surface area contributed by atoms with Gasteiger partial charge in [0.25, 0.3) is 5.91 Å². The Hall–Kier alpha value is -2.87. The fourth-order valence-electron chi connectivity index (χ4n) is 1.76. The van der Waals surface area contributed by atoms with E-state index in [1.807, 2.05) is 0 Å². The van der Waals surface area contributed by atoms with Gasteiger partial charge in [0.2, 0.25) is 6.41 Å². The Labute approximate surface area is 112 Å². The number of benzene rings is 1. The number of carbonyl (C=O) groups excluding carboxylic acids is 2. The minimum atomic E-state index is -0.823. The molecule has 6 N–H and O–H groups in total. The lowest BCUT2D eigenvalue weighted by molar-refractivity contribution is -0.107. The molecule has 0 bridgehead atoms. The molecule has 8 heteroatoms. The minimum Gasteiger partial charge on any atom is -0.507 e. The number of primary amides is 1. The van der Waals surface area contributed by atoms with E-state index in [-0.39, 0.29) is 34.8 Å². The van der Waals surface area contributed by atoms with Crippen LogP contribution in [-0.4, -0.2) is 22.4 Å². The lowest BCUT2D eigenvalue weighted by atomic mass is 10.1. The zero-order valence-electron chi connectivity index (χ0n) is 10.1. The molecule has 2 rings (SSSR count). The molecule has 0 saturated heterocycles. The molecule has 0 atom stereocenters. The van der Waals surface area contributed by atoms with Gasteiger partial charge in [-0.2, -0.15) is 0 Å². The van der Waals surface area contributed by atoms with Gasteiger partial charge in [0.05, 0.1) is 11.3 Å². The summed E-state index contributed by atoms with van der Waals surface area (Å²) < 4.78 is 13.2. The lowest BCUT2D eigenvalue weighted by Crippen LogP contribution is -2.31. The number of nitrogens with zero attached hydrogens (tertiary/aromatic N) is 1. The summed E-state index contributed by atoms with van der Waals surface area (Å²) in [6.07, 6.45) is 0.271. The Morgan fingerprint density at radius 1 is 1.40 bits per heavy atom. The first-order valence-corrected chi connectivity index (χ1v) is 5.45. The Bertz CT molecular complexity index is 683. The topological polar surface area (TPSA) is 125 Å². The van der Waals surface area contributed by atoms with Crippen LogP contribution in [0.1, 0.15) is 10.4 Å². The summed E-state index contributed by atoms with van der Waals surface area (Å²) in [4.78, 5) is 24.6. The number of hydrogen-bond acceptors (Lipinski definition) is 4. The minimum absolute atomic E-state index is 0.0499. The lowest BCUT2D eigenvalue weighted by Gasteiger charge is -2.09. The van der Waals surface area contributed by atoms with Crippen molar-refractivity contribution in [1.82, 2.24) is 4.98 Å². The molecule has 0 unspecified atom stereocenters. The van der Waals surface area contributed by atoms with E-state index < -0.39 is 11.7 Å². The van der Waals surface area contributed by atoms with E-state index in [0.29, 0.717) is 5.01 Å². The fraction of sp³-hybridized carbons (Fsp3) is 0. The molecule has 1 aromatic carbocycles. The van der Waals surface area contributed by atoms with E-state index in [1.54, 1.807) is 0 Å². The summed E-state index contributed by atoms with van der Waals surface area (Å²) in [6, 6.07) is 4.58. The summed E-state index contributed by atoms with van der Waals surface area (Å²) in [5, 5.41) is 10.3. The van der Waals surface area contributed by atoms with Crippen molar-refractivity contribution in [3.63, 3.8) is 0 Å². The first-order valence-electron chi connectivity index (χ1n) is 5.45. The average molecular weight is 278 g/mol. The summed E-state index contributed by atoms with van der Waals surface area (Å²) >= 11 is 0. The quantitative estimate of drug-likeness (QED) is 0.280. The molecular formula is C12H11FN4O3. The van der Waals surface area contributed by atoms with Gasteiger partial charge in [-0.3, -0.25) is 9.59 Å². The maximum atomic E-state index is 13.2. The van der Waals surface area contributed by atoms with E-state index >= 15 is 0 Å². The third-order valence-corrected chi connectivity index (χ3v) is 2.68. The number of amides is 2. The average Bonchev–Trinajstić information content (AvgIpc) is 2.85. The Morgan fingerprint density at radius 2 is 2.10 bits per heavy atom. The highest BCUT2D eigenvalue weighted by molar-refractivity contribution is 6.01. The molecule has 20 heavy (non-hydrogen) atoms. The van der Waals surface area contributed by atoms with Crippen LogP contribution in [0.3, 0.4) is 0 Å². The van der Waals surface area contributed by atoms with Crippen molar-refractivity contribution < 1.29 is 19.1 Å². The van der Waals surface area contributed by atoms with Crippen molar-refractivity contribution in [2.45, 2.75) is 0 Å². The highest BCUT2D eigenvalue weighted by atomic mass is 19.1. The molecular weight excluding hydrogens is 267 g/mol. The molecule has 0 radical (unpaired) electrons. The summed E-state index contributed by atoms with van der Waals surface area (Å²) in [6.45, 7) is 0. The van der Waals surface area contributed by atoms with Crippen LogP contribution in [0.25, 0.3) is 11.3 Å². The maximum Gasteiger partial charge on any atom is 0.252 e. The number of phenolic OH excluding ortho intramolecular Hbond substituents is 1. The molecule has 0 fully saturated rings.